The first-order valence-electron chi connectivity index (χ1n) is 8.42. The Bertz CT molecular complexity index is 824. The number of hydrogen-bond donors (Lipinski definition) is 2. The van der Waals surface area contributed by atoms with Crippen molar-refractivity contribution in [2.24, 2.45) is 5.41 Å². The third kappa shape index (κ3) is 2.91. The van der Waals surface area contributed by atoms with Crippen molar-refractivity contribution in [3.8, 4) is 11.3 Å². The monoisotopic (exact) mass is 358 g/mol. The molecule has 0 bridgehead atoms. The number of H-pyrrole nitrogens is 1. The van der Waals surface area contributed by atoms with E-state index in [2.05, 4.69) is 15.5 Å². The topological polar surface area (TPSA) is 78.1 Å². The van der Waals surface area contributed by atoms with Crippen molar-refractivity contribution in [3.63, 3.8) is 0 Å². The molecule has 0 radical (unpaired) electrons. The van der Waals surface area contributed by atoms with E-state index < -0.39 is 0 Å². The van der Waals surface area contributed by atoms with Gasteiger partial charge in [0.1, 0.15) is 0 Å². The number of halogens is 1. The van der Waals surface area contributed by atoms with Crippen molar-refractivity contribution in [2.75, 3.05) is 19.6 Å². The lowest BCUT2D eigenvalue weighted by Gasteiger charge is -2.38. The van der Waals surface area contributed by atoms with Gasteiger partial charge in [0, 0.05) is 36.6 Å². The SMILES string of the molecule is O=C1CC2(CCN(C(=O)c3cn[nH]c3-c3ccccc3Cl)CC2)CN1. The fraction of sp³-hybridized carbons (Fsp3) is 0.389. The van der Waals surface area contributed by atoms with Gasteiger partial charge in [0.15, 0.2) is 0 Å². The van der Waals surface area contributed by atoms with Crippen LogP contribution in [0.3, 0.4) is 0 Å². The van der Waals surface area contributed by atoms with Gasteiger partial charge in [-0.2, -0.15) is 5.10 Å². The molecule has 1 aromatic heterocycles. The molecule has 1 spiro atoms. The molecular formula is C18H19ClN4O2. The summed E-state index contributed by atoms with van der Waals surface area (Å²) in [6, 6.07) is 7.39. The van der Waals surface area contributed by atoms with Crippen molar-refractivity contribution in [1.29, 1.82) is 0 Å². The summed E-state index contributed by atoms with van der Waals surface area (Å²) < 4.78 is 0. The number of nitrogens with one attached hydrogen (secondary N) is 2. The Kier molecular flexibility index (Phi) is 4.00. The Morgan fingerprint density at radius 3 is 2.68 bits per heavy atom. The minimum Gasteiger partial charge on any atom is -0.356 e. The molecule has 2 amide bonds. The highest BCUT2D eigenvalue weighted by Crippen LogP contribution is 2.38. The van der Waals surface area contributed by atoms with Crippen LogP contribution in [0.5, 0.6) is 0 Å². The highest BCUT2D eigenvalue weighted by molar-refractivity contribution is 6.33. The maximum atomic E-state index is 13.0. The van der Waals surface area contributed by atoms with Gasteiger partial charge >= 0.3 is 0 Å². The molecule has 2 aliphatic rings. The summed E-state index contributed by atoms with van der Waals surface area (Å²) >= 11 is 6.26. The van der Waals surface area contributed by atoms with E-state index in [9.17, 15) is 9.59 Å². The standard InChI is InChI=1S/C18H19ClN4O2/c19-14-4-2-1-3-12(14)16-13(10-21-22-16)17(25)23-7-5-18(6-8-23)9-15(24)20-11-18/h1-4,10H,5-9,11H2,(H,20,24)(H,21,22). The number of aromatic nitrogens is 2. The van der Waals surface area contributed by atoms with E-state index in [1.165, 1.54) is 0 Å². The molecule has 25 heavy (non-hydrogen) atoms. The molecule has 0 aliphatic carbocycles. The second-order valence-corrected chi connectivity index (χ2v) is 7.29. The zero-order valence-electron chi connectivity index (χ0n) is 13.7. The minimum absolute atomic E-state index is 0.0236. The van der Waals surface area contributed by atoms with E-state index in [-0.39, 0.29) is 17.2 Å². The zero-order chi connectivity index (χ0) is 17.4. The third-order valence-corrected chi connectivity index (χ3v) is 5.65. The molecule has 2 fully saturated rings. The van der Waals surface area contributed by atoms with Crippen molar-refractivity contribution in [1.82, 2.24) is 20.4 Å². The number of hydrogen-bond acceptors (Lipinski definition) is 3. The molecular weight excluding hydrogens is 340 g/mol. The van der Waals surface area contributed by atoms with Gasteiger partial charge in [-0.1, -0.05) is 29.8 Å². The smallest absolute Gasteiger partial charge is 0.257 e. The summed E-state index contributed by atoms with van der Waals surface area (Å²) in [7, 11) is 0. The van der Waals surface area contributed by atoms with Crippen LogP contribution in [-0.4, -0.2) is 46.5 Å². The van der Waals surface area contributed by atoms with Crippen LogP contribution in [0, 0.1) is 5.41 Å². The van der Waals surface area contributed by atoms with E-state index in [4.69, 9.17) is 11.6 Å². The number of rotatable bonds is 2. The van der Waals surface area contributed by atoms with E-state index >= 15 is 0 Å². The highest BCUT2D eigenvalue weighted by atomic mass is 35.5. The maximum absolute atomic E-state index is 13.0. The summed E-state index contributed by atoms with van der Waals surface area (Å²) in [5.74, 6) is 0.0754. The second-order valence-electron chi connectivity index (χ2n) is 6.88. The number of benzene rings is 1. The first-order valence-corrected chi connectivity index (χ1v) is 8.80. The molecule has 0 atom stereocenters. The average molecular weight is 359 g/mol. The third-order valence-electron chi connectivity index (χ3n) is 5.32. The molecule has 2 aromatic rings. The average Bonchev–Trinajstić information content (AvgIpc) is 3.23. The van der Waals surface area contributed by atoms with E-state index in [0.29, 0.717) is 35.8 Å². The Balaban J connectivity index is 1.53. The minimum atomic E-state index is -0.0456. The van der Waals surface area contributed by atoms with Crippen LogP contribution in [-0.2, 0) is 4.79 Å². The normalized spacial score (nSPS) is 19.2. The quantitative estimate of drug-likeness (QED) is 0.865. The lowest BCUT2D eigenvalue weighted by Crippen LogP contribution is -2.44. The van der Waals surface area contributed by atoms with E-state index in [1.54, 1.807) is 12.3 Å². The Hall–Kier alpha value is -2.34. The van der Waals surface area contributed by atoms with Crippen LogP contribution in [0.2, 0.25) is 5.02 Å². The summed E-state index contributed by atoms with van der Waals surface area (Å²) in [6.07, 6.45) is 3.82. The van der Waals surface area contributed by atoms with Gasteiger partial charge in [0.2, 0.25) is 5.91 Å². The number of nitrogens with zero attached hydrogens (tertiary/aromatic N) is 2. The van der Waals surface area contributed by atoms with Gasteiger partial charge in [0.05, 0.1) is 17.5 Å². The van der Waals surface area contributed by atoms with Gasteiger partial charge < -0.3 is 10.2 Å². The van der Waals surface area contributed by atoms with Gasteiger partial charge in [-0.05, 0) is 24.3 Å². The number of amides is 2. The molecule has 2 N–H and O–H groups in total. The van der Waals surface area contributed by atoms with E-state index in [0.717, 1.165) is 24.9 Å². The molecule has 0 unspecified atom stereocenters. The number of aromatic amines is 1. The Morgan fingerprint density at radius 1 is 1.24 bits per heavy atom. The molecule has 0 saturated carbocycles. The number of likely N-dealkylation sites (tertiary alicyclic amines) is 1. The molecule has 4 rings (SSSR count). The highest BCUT2D eigenvalue weighted by Gasteiger charge is 2.42. The zero-order valence-corrected chi connectivity index (χ0v) is 14.5. The predicted molar refractivity (Wildman–Crippen MR) is 94.2 cm³/mol. The lowest BCUT2D eigenvalue weighted by atomic mass is 9.77. The molecule has 6 nitrogen and oxygen atoms in total. The largest absolute Gasteiger partial charge is 0.356 e. The fourth-order valence-corrected chi connectivity index (χ4v) is 4.01. The fourth-order valence-electron chi connectivity index (χ4n) is 3.78. The van der Waals surface area contributed by atoms with Gasteiger partial charge in [-0.25, -0.2) is 0 Å². The van der Waals surface area contributed by atoms with Crippen LogP contribution >= 0.6 is 11.6 Å². The number of piperidine rings is 1. The summed E-state index contributed by atoms with van der Waals surface area (Å²) in [5, 5.41) is 10.4. The summed E-state index contributed by atoms with van der Waals surface area (Å²) in [4.78, 5) is 26.4. The summed E-state index contributed by atoms with van der Waals surface area (Å²) in [5.41, 5.74) is 1.97. The van der Waals surface area contributed by atoms with Crippen LogP contribution in [0.15, 0.2) is 30.5 Å². The van der Waals surface area contributed by atoms with Crippen LogP contribution in [0.25, 0.3) is 11.3 Å². The second kappa shape index (κ2) is 6.19. The van der Waals surface area contributed by atoms with Crippen molar-refractivity contribution >= 4 is 23.4 Å². The molecule has 1 aromatic carbocycles. The number of carbonyl (C=O) groups excluding carboxylic acids is 2. The molecule has 3 heterocycles. The van der Waals surface area contributed by atoms with Crippen molar-refractivity contribution in [3.05, 3.63) is 41.0 Å². The Morgan fingerprint density at radius 2 is 2.00 bits per heavy atom. The van der Waals surface area contributed by atoms with Crippen LogP contribution in [0.4, 0.5) is 0 Å². The van der Waals surface area contributed by atoms with Crippen LogP contribution in [0.1, 0.15) is 29.6 Å². The first-order chi connectivity index (χ1) is 12.1. The molecule has 130 valence electrons. The predicted octanol–water partition coefficient (Wildman–Crippen LogP) is 2.47. The van der Waals surface area contributed by atoms with Crippen LogP contribution < -0.4 is 5.32 Å². The maximum Gasteiger partial charge on any atom is 0.257 e. The van der Waals surface area contributed by atoms with Gasteiger partial charge in [-0.3, -0.25) is 14.7 Å². The van der Waals surface area contributed by atoms with Gasteiger partial charge in [-0.15, -0.1) is 0 Å². The molecule has 7 heteroatoms. The van der Waals surface area contributed by atoms with Gasteiger partial charge in [0.25, 0.3) is 5.91 Å². The van der Waals surface area contributed by atoms with Crippen molar-refractivity contribution < 1.29 is 9.59 Å². The van der Waals surface area contributed by atoms with E-state index in [1.807, 2.05) is 23.1 Å². The lowest BCUT2D eigenvalue weighted by molar-refractivity contribution is -0.119. The van der Waals surface area contributed by atoms with Crippen molar-refractivity contribution in [2.45, 2.75) is 19.3 Å². The summed E-state index contributed by atoms with van der Waals surface area (Å²) in [6.45, 7) is 2.03. The first kappa shape index (κ1) is 16.1. The number of carbonyl (C=O) groups is 2. The molecule has 2 saturated heterocycles. The Labute approximate surface area is 150 Å². The molecule has 2 aliphatic heterocycles.